The highest BCUT2D eigenvalue weighted by atomic mass is 35.5. The molecule has 50 heavy (non-hydrogen) atoms. The lowest BCUT2D eigenvalue weighted by molar-refractivity contribution is 0.145. The fourth-order valence-electron chi connectivity index (χ4n) is 5.88. The van der Waals surface area contributed by atoms with E-state index in [0.29, 0.717) is 50.9 Å². The molecule has 0 radical (unpaired) electrons. The second-order valence-electron chi connectivity index (χ2n) is 12.3. The van der Waals surface area contributed by atoms with Gasteiger partial charge in [-0.2, -0.15) is 4.98 Å². The maximum absolute atomic E-state index is 13.9. The molecule has 1 N–H and O–H groups in total. The normalized spacial score (nSPS) is 13.5. The summed E-state index contributed by atoms with van der Waals surface area (Å²) >= 11 is 12.8. The van der Waals surface area contributed by atoms with E-state index in [2.05, 4.69) is 27.1 Å². The lowest BCUT2D eigenvalue weighted by Gasteiger charge is -2.32. The van der Waals surface area contributed by atoms with Gasteiger partial charge in [-0.3, -0.25) is 4.90 Å². The number of hydrogen-bond donors (Lipinski definition) is 1. The zero-order valence-corrected chi connectivity index (χ0v) is 30.9. The van der Waals surface area contributed by atoms with Gasteiger partial charge in [0, 0.05) is 66.8 Å². The Balaban J connectivity index is 1.38. The average molecular weight is 724 g/mol. The van der Waals surface area contributed by atoms with E-state index in [1.807, 2.05) is 39.0 Å². The van der Waals surface area contributed by atoms with Crippen LogP contribution in [0.2, 0.25) is 10.0 Å². The molecule has 2 heterocycles. The Labute approximate surface area is 304 Å². The summed E-state index contributed by atoms with van der Waals surface area (Å²) in [7, 11) is 5.30. The molecule has 1 fully saturated rings. The molecule has 1 aliphatic rings. The van der Waals surface area contributed by atoms with Crippen molar-refractivity contribution in [1.82, 2.24) is 19.8 Å². The number of amides is 1. The largest absolute Gasteiger partial charge is 0.493 e. The fourth-order valence-corrected chi connectivity index (χ4v) is 6.26. The molecular weight excluding hydrogens is 679 g/mol. The molecule has 11 nitrogen and oxygen atoms in total. The van der Waals surface area contributed by atoms with Crippen molar-refractivity contribution in [3.63, 3.8) is 0 Å². The number of nitrogens with one attached hydrogen (secondary N) is 1. The van der Waals surface area contributed by atoms with Crippen LogP contribution in [0.4, 0.5) is 22.2 Å². The number of methoxy groups -OCH3 is 2. The van der Waals surface area contributed by atoms with Gasteiger partial charge >= 0.3 is 6.09 Å². The van der Waals surface area contributed by atoms with E-state index in [4.69, 9.17) is 47.1 Å². The Hall–Kier alpha value is -4.29. The first-order valence-corrected chi connectivity index (χ1v) is 17.2. The number of ether oxygens (including phenoxy) is 4. The molecule has 1 saturated heterocycles. The van der Waals surface area contributed by atoms with E-state index in [0.717, 1.165) is 55.8 Å². The predicted molar refractivity (Wildman–Crippen MR) is 198 cm³/mol. The number of anilines is 3. The first-order valence-electron chi connectivity index (χ1n) is 16.5. The summed E-state index contributed by atoms with van der Waals surface area (Å²) in [5.41, 5.74) is 3.98. The van der Waals surface area contributed by atoms with Gasteiger partial charge in [-0.15, -0.1) is 0 Å². The van der Waals surface area contributed by atoms with Gasteiger partial charge in [0.25, 0.3) is 0 Å². The third-order valence-electron chi connectivity index (χ3n) is 8.44. The number of carbonyl (C=O) groups is 1. The summed E-state index contributed by atoms with van der Waals surface area (Å²) < 4.78 is 23.5. The summed E-state index contributed by atoms with van der Waals surface area (Å²) in [6.45, 7) is 11.6. The number of benzene rings is 3. The molecular formula is C37H44Cl2N6O5. The molecule has 13 heteroatoms. The number of nitrogens with zero attached hydrogens (tertiary/aromatic N) is 5. The standard InChI is InChI=1S/C37H44Cl2N6O5/c1-24-18-25(2)34(26(3)19-24)50-37(46)45(23-27-20-28(38)8-9-30(27)39)33-10-11-40-36(42-33)41-29-21-31(47-5)35(48-6)32(22-29)49-17-7-12-44-15-13-43(4)14-16-44/h8-11,18-22H,7,12-17,23H2,1-6H3,(H,40,41,42). The Kier molecular flexibility index (Phi) is 12.6. The van der Waals surface area contributed by atoms with Gasteiger partial charge in [0.15, 0.2) is 11.5 Å². The SMILES string of the molecule is COc1cc(Nc2nccc(N(Cc3cc(Cl)ccc3Cl)C(=O)Oc3c(C)cc(C)cc3C)n2)cc(OCCCN2CCN(C)CC2)c1OC. The van der Waals surface area contributed by atoms with E-state index < -0.39 is 6.09 Å². The summed E-state index contributed by atoms with van der Waals surface area (Å²) in [5.74, 6) is 2.49. The van der Waals surface area contributed by atoms with Crippen molar-refractivity contribution in [3.05, 3.63) is 87.0 Å². The van der Waals surface area contributed by atoms with Crippen molar-refractivity contribution in [1.29, 1.82) is 0 Å². The molecule has 0 unspecified atom stereocenters. The van der Waals surface area contributed by atoms with E-state index in [1.165, 1.54) is 4.90 Å². The molecule has 4 aromatic rings. The van der Waals surface area contributed by atoms with Crippen LogP contribution in [-0.4, -0.2) is 86.5 Å². The second kappa shape index (κ2) is 17.1. The van der Waals surface area contributed by atoms with Gasteiger partial charge in [0.1, 0.15) is 11.6 Å². The maximum Gasteiger partial charge on any atom is 0.421 e. The zero-order chi connectivity index (χ0) is 35.8. The van der Waals surface area contributed by atoms with E-state index >= 15 is 0 Å². The molecule has 1 amide bonds. The number of halogens is 2. The highest BCUT2D eigenvalue weighted by molar-refractivity contribution is 6.33. The minimum absolute atomic E-state index is 0.0428. The van der Waals surface area contributed by atoms with Crippen molar-refractivity contribution >= 4 is 46.7 Å². The average Bonchev–Trinajstić information content (AvgIpc) is 3.09. The van der Waals surface area contributed by atoms with Gasteiger partial charge in [-0.1, -0.05) is 40.9 Å². The lowest BCUT2D eigenvalue weighted by atomic mass is 10.1. The summed E-state index contributed by atoms with van der Waals surface area (Å²) in [6.07, 6.45) is 1.78. The number of hydrogen-bond acceptors (Lipinski definition) is 10. The van der Waals surface area contributed by atoms with Gasteiger partial charge in [-0.25, -0.2) is 9.78 Å². The third-order valence-corrected chi connectivity index (χ3v) is 9.04. The topological polar surface area (TPSA) is 102 Å². The molecule has 266 valence electrons. The molecule has 0 spiro atoms. The molecule has 5 rings (SSSR count). The number of likely N-dealkylation sites (N-methyl/N-ethyl adjacent to an activating group) is 1. The Morgan fingerprint density at radius 3 is 2.34 bits per heavy atom. The molecule has 0 bridgehead atoms. The fraction of sp³-hybridized carbons (Fsp3) is 0.378. The molecule has 0 atom stereocenters. The first-order chi connectivity index (χ1) is 24.0. The quantitative estimate of drug-likeness (QED) is 0.138. The van der Waals surface area contributed by atoms with Crippen LogP contribution in [0.3, 0.4) is 0 Å². The summed E-state index contributed by atoms with van der Waals surface area (Å²) in [5, 5.41) is 4.17. The minimum atomic E-state index is -0.640. The highest BCUT2D eigenvalue weighted by Crippen LogP contribution is 2.41. The number of rotatable bonds is 13. The molecule has 0 aliphatic carbocycles. The number of carbonyl (C=O) groups excluding carboxylic acids is 1. The Bertz CT molecular complexity index is 1780. The zero-order valence-electron chi connectivity index (χ0n) is 29.4. The molecule has 1 aliphatic heterocycles. The first kappa shape index (κ1) is 37.0. The summed E-state index contributed by atoms with van der Waals surface area (Å²) in [4.78, 5) is 29.2. The second-order valence-corrected chi connectivity index (χ2v) is 13.2. The van der Waals surface area contributed by atoms with Gasteiger partial charge in [-0.05, 0) is 75.2 Å². The van der Waals surface area contributed by atoms with Crippen molar-refractivity contribution in [2.45, 2.75) is 33.7 Å². The van der Waals surface area contributed by atoms with Crippen LogP contribution >= 0.6 is 23.2 Å². The van der Waals surface area contributed by atoms with Gasteiger partial charge in [0.2, 0.25) is 11.7 Å². The van der Waals surface area contributed by atoms with E-state index in [1.54, 1.807) is 50.7 Å². The molecule has 3 aromatic carbocycles. The maximum atomic E-state index is 13.9. The van der Waals surface area contributed by atoms with Crippen LogP contribution in [0.25, 0.3) is 0 Å². The van der Waals surface area contributed by atoms with Crippen LogP contribution in [0, 0.1) is 20.8 Å². The minimum Gasteiger partial charge on any atom is -0.493 e. The lowest BCUT2D eigenvalue weighted by Crippen LogP contribution is -2.44. The van der Waals surface area contributed by atoms with Crippen molar-refractivity contribution < 1.29 is 23.7 Å². The monoisotopic (exact) mass is 722 g/mol. The number of aryl methyl sites for hydroxylation is 3. The van der Waals surface area contributed by atoms with Crippen LogP contribution in [0.5, 0.6) is 23.0 Å². The highest BCUT2D eigenvalue weighted by Gasteiger charge is 2.24. The number of piperazine rings is 1. The summed E-state index contributed by atoms with van der Waals surface area (Å²) in [6, 6.07) is 14.2. The van der Waals surface area contributed by atoms with Gasteiger partial charge in [0.05, 0.1) is 27.4 Å². The van der Waals surface area contributed by atoms with Crippen molar-refractivity contribution in [2.75, 3.05) is 70.8 Å². The smallest absolute Gasteiger partial charge is 0.421 e. The third kappa shape index (κ3) is 9.48. The van der Waals surface area contributed by atoms with Gasteiger partial charge < -0.3 is 34.1 Å². The number of aromatic nitrogens is 2. The predicted octanol–water partition coefficient (Wildman–Crippen LogP) is 7.69. The Morgan fingerprint density at radius 1 is 0.920 bits per heavy atom. The van der Waals surface area contributed by atoms with Crippen LogP contribution in [0.1, 0.15) is 28.7 Å². The van der Waals surface area contributed by atoms with E-state index in [9.17, 15) is 4.79 Å². The van der Waals surface area contributed by atoms with E-state index in [-0.39, 0.29) is 18.3 Å². The van der Waals surface area contributed by atoms with Crippen molar-refractivity contribution in [3.8, 4) is 23.0 Å². The van der Waals surface area contributed by atoms with Crippen LogP contribution < -0.4 is 29.2 Å². The Morgan fingerprint density at radius 2 is 1.64 bits per heavy atom. The molecule has 0 saturated carbocycles. The molecule has 1 aromatic heterocycles. The van der Waals surface area contributed by atoms with Crippen LogP contribution in [0.15, 0.2) is 54.7 Å². The van der Waals surface area contributed by atoms with Crippen LogP contribution in [-0.2, 0) is 6.54 Å². The van der Waals surface area contributed by atoms with Crippen molar-refractivity contribution in [2.24, 2.45) is 0 Å².